The number of hydrogen-bond donors (Lipinski definition) is 0. The van der Waals surface area contributed by atoms with Gasteiger partial charge >= 0.3 is 5.97 Å². The normalized spacial score (nSPS) is 12.3. The number of rotatable bonds is 4. The molecule has 0 bridgehead atoms. The highest BCUT2D eigenvalue weighted by Gasteiger charge is 2.25. The lowest BCUT2D eigenvalue weighted by Crippen LogP contribution is -2.25. The molecule has 2 aromatic carbocycles. The van der Waals surface area contributed by atoms with E-state index >= 15 is 0 Å². The van der Waals surface area contributed by atoms with Gasteiger partial charge in [0.25, 0.3) is 0 Å². The summed E-state index contributed by atoms with van der Waals surface area (Å²) in [4.78, 5) is 12.3. The molecule has 0 fully saturated rings. The van der Waals surface area contributed by atoms with Gasteiger partial charge in [-0.05, 0) is 30.7 Å². The highest BCUT2D eigenvalue weighted by atomic mass is 35.5. The Bertz CT molecular complexity index is 843. The number of esters is 1. The van der Waals surface area contributed by atoms with Crippen molar-refractivity contribution in [3.05, 3.63) is 64.8 Å². The molecule has 3 aromatic rings. The van der Waals surface area contributed by atoms with Crippen molar-refractivity contribution in [2.75, 3.05) is 7.11 Å². The number of carbonyl (C=O) groups is 1. The smallest absolute Gasteiger partial charge is 0.331 e. The lowest BCUT2D eigenvalue weighted by Gasteiger charge is -2.17. The molecule has 0 aliphatic carbocycles. The Kier molecular flexibility index (Phi) is 4.35. The summed E-state index contributed by atoms with van der Waals surface area (Å²) in [6, 6.07) is 14.9. The maximum Gasteiger partial charge on any atom is 0.331 e. The van der Waals surface area contributed by atoms with Crippen molar-refractivity contribution in [3.63, 3.8) is 0 Å². The van der Waals surface area contributed by atoms with E-state index in [9.17, 15) is 4.79 Å². The molecule has 0 saturated heterocycles. The number of hydrogen-bond acceptors (Lipinski definition) is 3. The van der Waals surface area contributed by atoms with Crippen LogP contribution in [0.2, 0.25) is 5.02 Å². The van der Waals surface area contributed by atoms with Gasteiger partial charge in [-0.3, -0.25) is 4.68 Å². The van der Waals surface area contributed by atoms with Gasteiger partial charge in [-0.25, -0.2) is 4.79 Å². The molecule has 0 radical (unpaired) electrons. The van der Waals surface area contributed by atoms with Crippen LogP contribution in [0.25, 0.3) is 10.9 Å². The predicted molar refractivity (Wildman–Crippen MR) is 90.7 cm³/mol. The van der Waals surface area contributed by atoms with Gasteiger partial charge in [0, 0.05) is 22.5 Å². The van der Waals surface area contributed by atoms with Gasteiger partial charge in [-0.2, -0.15) is 5.10 Å². The summed E-state index contributed by atoms with van der Waals surface area (Å²) >= 11 is 6.07. The Morgan fingerprint density at radius 2 is 2.00 bits per heavy atom. The number of carbonyl (C=O) groups excluding carboxylic acids is 1. The van der Waals surface area contributed by atoms with E-state index in [1.807, 2.05) is 49.4 Å². The Hall–Kier alpha value is -2.33. The summed E-state index contributed by atoms with van der Waals surface area (Å²) in [5, 5.41) is 6.17. The van der Waals surface area contributed by atoms with Crippen LogP contribution in [0.3, 0.4) is 0 Å². The molecule has 0 amide bonds. The van der Waals surface area contributed by atoms with Crippen LogP contribution < -0.4 is 0 Å². The fraction of sp³-hybridized carbons (Fsp3) is 0.222. The van der Waals surface area contributed by atoms with Gasteiger partial charge in [-0.15, -0.1) is 0 Å². The van der Waals surface area contributed by atoms with Gasteiger partial charge < -0.3 is 4.74 Å². The number of halogens is 1. The quantitative estimate of drug-likeness (QED) is 0.681. The van der Waals surface area contributed by atoms with E-state index in [1.165, 1.54) is 7.11 Å². The molecular weight excluding hydrogens is 312 g/mol. The summed E-state index contributed by atoms with van der Waals surface area (Å²) < 4.78 is 6.72. The number of aryl methyl sites for hydroxylation is 1. The second-order valence-electron chi connectivity index (χ2n) is 5.42. The van der Waals surface area contributed by atoms with Crippen LogP contribution in [0.15, 0.2) is 48.5 Å². The van der Waals surface area contributed by atoms with E-state index < -0.39 is 6.04 Å². The molecule has 1 unspecified atom stereocenters. The second-order valence-corrected chi connectivity index (χ2v) is 5.86. The fourth-order valence-electron chi connectivity index (χ4n) is 2.75. The first-order valence-corrected chi connectivity index (χ1v) is 7.74. The van der Waals surface area contributed by atoms with E-state index in [-0.39, 0.29) is 5.97 Å². The van der Waals surface area contributed by atoms with Gasteiger partial charge in [0.15, 0.2) is 6.04 Å². The molecule has 3 rings (SSSR count). The summed E-state index contributed by atoms with van der Waals surface area (Å²) in [6.07, 6.45) is 0.524. The van der Waals surface area contributed by atoms with Gasteiger partial charge in [0.1, 0.15) is 0 Å². The molecule has 0 N–H and O–H groups in total. The average Bonchev–Trinajstić information content (AvgIpc) is 2.89. The fourth-order valence-corrected chi connectivity index (χ4v) is 2.92. The average molecular weight is 329 g/mol. The topological polar surface area (TPSA) is 44.1 Å². The molecule has 0 saturated carbocycles. The SMILES string of the molecule is COC(=O)C(Cc1ccccc1)n1nc2ccc(Cl)cc2c1C. The zero-order valence-electron chi connectivity index (χ0n) is 13.0. The van der Waals surface area contributed by atoms with Crippen LogP contribution in [0.1, 0.15) is 17.3 Å². The van der Waals surface area contributed by atoms with E-state index in [2.05, 4.69) is 5.10 Å². The van der Waals surface area contributed by atoms with Crippen molar-refractivity contribution >= 4 is 28.5 Å². The summed E-state index contributed by atoms with van der Waals surface area (Å²) in [5.41, 5.74) is 2.77. The Balaban J connectivity index is 2.06. The Morgan fingerprint density at radius 1 is 1.26 bits per heavy atom. The molecular formula is C18H17ClN2O2. The largest absolute Gasteiger partial charge is 0.467 e. The van der Waals surface area contributed by atoms with Crippen LogP contribution in [0, 0.1) is 6.92 Å². The summed E-state index contributed by atoms with van der Waals surface area (Å²) in [6.45, 7) is 1.94. The minimum atomic E-state index is -0.506. The molecule has 1 aromatic heterocycles. The molecule has 1 atom stereocenters. The van der Waals surface area contributed by atoms with Crippen molar-refractivity contribution in [1.82, 2.24) is 9.78 Å². The van der Waals surface area contributed by atoms with E-state index in [0.717, 1.165) is 22.2 Å². The van der Waals surface area contributed by atoms with Crippen molar-refractivity contribution in [2.24, 2.45) is 0 Å². The van der Waals surface area contributed by atoms with Crippen LogP contribution in [-0.2, 0) is 16.0 Å². The number of nitrogens with zero attached hydrogens (tertiary/aromatic N) is 2. The van der Waals surface area contributed by atoms with Gasteiger partial charge in [-0.1, -0.05) is 41.9 Å². The monoisotopic (exact) mass is 328 g/mol. The van der Waals surface area contributed by atoms with Crippen molar-refractivity contribution in [3.8, 4) is 0 Å². The third kappa shape index (κ3) is 3.08. The van der Waals surface area contributed by atoms with E-state index in [1.54, 1.807) is 10.7 Å². The molecule has 23 heavy (non-hydrogen) atoms. The van der Waals surface area contributed by atoms with Crippen molar-refractivity contribution in [2.45, 2.75) is 19.4 Å². The minimum absolute atomic E-state index is 0.309. The summed E-state index contributed by atoms with van der Waals surface area (Å²) in [5.74, 6) is -0.309. The third-order valence-corrected chi connectivity index (χ3v) is 4.18. The zero-order valence-corrected chi connectivity index (χ0v) is 13.7. The van der Waals surface area contributed by atoms with Crippen molar-refractivity contribution in [1.29, 1.82) is 0 Å². The Labute approximate surface area is 139 Å². The third-order valence-electron chi connectivity index (χ3n) is 3.95. The number of fused-ring (bicyclic) bond motifs is 1. The number of methoxy groups -OCH3 is 1. The number of ether oxygens (including phenoxy) is 1. The first-order valence-electron chi connectivity index (χ1n) is 7.36. The van der Waals surface area contributed by atoms with Crippen LogP contribution >= 0.6 is 11.6 Å². The Morgan fingerprint density at radius 3 is 2.70 bits per heavy atom. The lowest BCUT2D eigenvalue weighted by molar-refractivity contribution is -0.144. The molecule has 5 heteroatoms. The number of aromatic nitrogens is 2. The standard InChI is InChI=1S/C18H17ClN2O2/c1-12-15-11-14(19)8-9-16(15)20-21(12)17(18(22)23-2)10-13-6-4-3-5-7-13/h3-9,11,17H,10H2,1-2H3. The van der Waals surface area contributed by atoms with Crippen LogP contribution in [0.5, 0.6) is 0 Å². The zero-order chi connectivity index (χ0) is 16.4. The van der Waals surface area contributed by atoms with E-state index in [0.29, 0.717) is 11.4 Å². The highest BCUT2D eigenvalue weighted by Crippen LogP contribution is 2.26. The molecule has 4 nitrogen and oxygen atoms in total. The first kappa shape index (κ1) is 15.6. The van der Waals surface area contributed by atoms with Crippen molar-refractivity contribution < 1.29 is 9.53 Å². The molecule has 0 aliphatic rings. The van der Waals surface area contributed by atoms with Gasteiger partial charge in [0.05, 0.1) is 12.6 Å². The first-order chi connectivity index (χ1) is 11.1. The minimum Gasteiger partial charge on any atom is -0.467 e. The molecule has 118 valence electrons. The number of benzene rings is 2. The van der Waals surface area contributed by atoms with Crippen LogP contribution in [-0.4, -0.2) is 22.9 Å². The molecule has 0 spiro atoms. The lowest BCUT2D eigenvalue weighted by atomic mass is 10.1. The molecule has 0 aliphatic heterocycles. The maximum absolute atomic E-state index is 12.3. The highest BCUT2D eigenvalue weighted by molar-refractivity contribution is 6.31. The van der Waals surface area contributed by atoms with E-state index in [4.69, 9.17) is 16.3 Å². The predicted octanol–water partition coefficient (Wildman–Crippen LogP) is 3.95. The van der Waals surface area contributed by atoms with Crippen LogP contribution in [0.4, 0.5) is 0 Å². The summed E-state index contributed by atoms with van der Waals surface area (Å²) in [7, 11) is 1.40. The molecule has 1 heterocycles. The van der Waals surface area contributed by atoms with Gasteiger partial charge in [0.2, 0.25) is 0 Å². The second kappa shape index (κ2) is 6.42. The maximum atomic E-state index is 12.3.